The van der Waals surface area contributed by atoms with Gasteiger partial charge in [0.2, 0.25) is 5.13 Å². The standard InChI is InChI=1S/C16H16N6OS2/c23-15(18-13-1-4-17-5-2-13)21-6-8-22(9-7-21)16-19-14(20-25-16)12-3-10-24-11-12/h1-5,10-11H,6-9H2,(H,17,18,23). The van der Waals surface area contributed by atoms with Crippen LogP contribution in [0, 0.1) is 0 Å². The molecule has 1 aliphatic rings. The highest BCUT2D eigenvalue weighted by molar-refractivity contribution is 7.10. The number of nitrogens with one attached hydrogen (secondary N) is 1. The van der Waals surface area contributed by atoms with Crippen molar-refractivity contribution < 1.29 is 4.79 Å². The van der Waals surface area contributed by atoms with E-state index in [0.29, 0.717) is 13.1 Å². The summed E-state index contributed by atoms with van der Waals surface area (Å²) in [5.41, 5.74) is 1.81. The molecule has 4 heterocycles. The molecule has 1 aliphatic heterocycles. The second kappa shape index (κ2) is 7.16. The van der Waals surface area contributed by atoms with Crippen LogP contribution in [0.4, 0.5) is 15.6 Å². The Morgan fingerprint density at radius 1 is 1.12 bits per heavy atom. The van der Waals surface area contributed by atoms with Gasteiger partial charge < -0.3 is 15.1 Å². The maximum atomic E-state index is 12.3. The van der Waals surface area contributed by atoms with Gasteiger partial charge in [0.1, 0.15) is 0 Å². The van der Waals surface area contributed by atoms with E-state index in [-0.39, 0.29) is 6.03 Å². The summed E-state index contributed by atoms with van der Waals surface area (Å²) in [6.45, 7) is 2.82. The molecule has 4 rings (SSSR count). The quantitative estimate of drug-likeness (QED) is 0.765. The highest BCUT2D eigenvalue weighted by atomic mass is 32.1. The number of aromatic nitrogens is 3. The van der Waals surface area contributed by atoms with Crippen LogP contribution in [0.2, 0.25) is 0 Å². The summed E-state index contributed by atoms with van der Waals surface area (Å²) in [4.78, 5) is 24.9. The minimum Gasteiger partial charge on any atom is -0.343 e. The maximum Gasteiger partial charge on any atom is 0.321 e. The fourth-order valence-electron chi connectivity index (χ4n) is 2.59. The number of pyridine rings is 1. The number of carbonyl (C=O) groups is 1. The van der Waals surface area contributed by atoms with Crippen LogP contribution in [0.5, 0.6) is 0 Å². The van der Waals surface area contributed by atoms with Gasteiger partial charge in [0.15, 0.2) is 5.82 Å². The highest BCUT2D eigenvalue weighted by Crippen LogP contribution is 2.26. The van der Waals surface area contributed by atoms with Crippen molar-refractivity contribution in [2.24, 2.45) is 0 Å². The molecule has 2 amide bonds. The maximum absolute atomic E-state index is 12.3. The van der Waals surface area contributed by atoms with Crippen molar-refractivity contribution in [2.45, 2.75) is 0 Å². The van der Waals surface area contributed by atoms with E-state index >= 15 is 0 Å². The molecule has 7 nitrogen and oxygen atoms in total. The van der Waals surface area contributed by atoms with E-state index < -0.39 is 0 Å². The summed E-state index contributed by atoms with van der Waals surface area (Å²) < 4.78 is 4.44. The molecule has 0 unspecified atom stereocenters. The molecular formula is C16H16N6OS2. The van der Waals surface area contributed by atoms with Gasteiger partial charge in [-0.05, 0) is 23.6 Å². The fourth-order valence-corrected chi connectivity index (χ4v) is 3.97. The van der Waals surface area contributed by atoms with E-state index in [4.69, 9.17) is 0 Å². The number of thiophene rings is 1. The van der Waals surface area contributed by atoms with E-state index in [1.54, 1.807) is 35.9 Å². The second-order valence-electron chi connectivity index (χ2n) is 5.55. The summed E-state index contributed by atoms with van der Waals surface area (Å²) in [6, 6.07) is 5.50. The Kier molecular flexibility index (Phi) is 4.57. The van der Waals surface area contributed by atoms with E-state index in [2.05, 4.69) is 24.6 Å². The number of carbonyl (C=O) groups excluding carboxylic acids is 1. The van der Waals surface area contributed by atoms with Gasteiger partial charge in [-0.1, -0.05) is 0 Å². The predicted molar refractivity (Wildman–Crippen MR) is 100 cm³/mol. The molecule has 25 heavy (non-hydrogen) atoms. The third-order valence-corrected chi connectivity index (χ3v) is 5.42. The number of hydrogen-bond acceptors (Lipinski definition) is 7. The molecule has 3 aromatic heterocycles. The Bertz CT molecular complexity index is 827. The monoisotopic (exact) mass is 372 g/mol. The average molecular weight is 372 g/mol. The molecular weight excluding hydrogens is 356 g/mol. The van der Waals surface area contributed by atoms with Gasteiger partial charge in [0.25, 0.3) is 0 Å². The Hall–Kier alpha value is -2.52. The van der Waals surface area contributed by atoms with Gasteiger partial charge in [-0.15, -0.1) is 0 Å². The first-order chi connectivity index (χ1) is 12.3. The lowest BCUT2D eigenvalue weighted by molar-refractivity contribution is 0.208. The molecule has 1 saturated heterocycles. The van der Waals surface area contributed by atoms with Crippen LogP contribution in [0.15, 0.2) is 41.4 Å². The lowest BCUT2D eigenvalue weighted by atomic mass is 10.3. The summed E-state index contributed by atoms with van der Waals surface area (Å²) in [7, 11) is 0. The van der Waals surface area contributed by atoms with Crippen LogP contribution in [-0.4, -0.2) is 51.5 Å². The molecule has 9 heteroatoms. The van der Waals surface area contributed by atoms with Crippen LogP contribution < -0.4 is 10.2 Å². The Balaban J connectivity index is 1.34. The van der Waals surface area contributed by atoms with E-state index in [1.807, 2.05) is 21.7 Å². The fraction of sp³-hybridized carbons (Fsp3) is 0.250. The second-order valence-corrected chi connectivity index (χ2v) is 7.06. The first-order valence-electron chi connectivity index (χ1n) is 7.87. The van der Waals surface area contributed by atoms with Crippen molar-refractivity contribution in [3.05, 3.63) is 41.4 Å². The average Bonchev–Trinajstić information content (AvgIpc) is 3.34. The van der Waals surface area contributed by atoms with Crippen LogP contribution >= 0.6 is 22.9 Å². The molecule has 128 valence electrons. The van der Waals surface area contributed by atoms with Gasteiger partial charge in [-0.3, -0.25) is 4.98 Å². The van der Waals surface area contributed by atoms with Crippen molar-refractivity contribution in [3.8, 4) is 11.4 Å². The molecule has 0 atom stereocenters. The minimum atomic E-state index is -0.0814. The van der Waals surface area contributed by atoms with Crippen molar-refractivity contribution in [1.29, 1.82) is 0 Å². The highest BCUT2D eigenvalue weighted by Gasteiger charge is 2.23. The summed E-state index contributed by atoms with van der Waals surface area (Å²) in [6.07, 6.45) is 3.32. The van der Waals surface area contributed by atoms with E-state index in [1.165, 1.54) is 11.5 Å². The van der Waals surface area contributed by atoms with E-state index in [9.17, 15) is 4.79 Å². The number of amides is 2. The molecule has 0 saturated carbocycles. The van der Waals surface area contributed by atoms with E-state index in [0.717, 1.165) is 35.3 Å². The number of anilines is 2. The van der Waals surface area contributed by atoms with Gasteiger partial charge in [-0.2, -0.15) is 20.7 Å². The van der Waals surface area contributed by atoms with Gasteiger partial charge in [0.05, 0.1) is 0 Å². The van der Waals surface area contributed by atoms with Crippen LogP contribution in [0.1, 0.15) is 0 Å². The number of rotatable bonds is 3. The van der Waals surface area contributed by atoms with Crippen molar-refractivity contribution in [3.63, 3.8) is 0 Å². The first kappa shape index (κ1) is 16.0. The number of piperazine rings is 1. The molecule has 0 aliphatic carbocycles. The summed E-state index contributed by atoms with van der Waals surface area (Å²) in [5, 5.41) is 7.88. The molecule has 3 aromatic rings. The topological polar surface area (TPSA) is 74.2 Å². The lowest BCUT2D eigenvalue weighted by Crippen LogP contribution is -2.50. The van der Waals surface area contributed by atoms with Crippen LogP contribution in [-0.2, 0) is 0 Å². The number of urea groups is 1. The molecule has 0 radical (unpaired) electrons. The Morgan fingerprint density at radius 2 is 1.92 bits per heavy atom. The largest absolute Gasteiger partial charge is 0.343 e. The molecule has 0 bridgehead atoms. The third-order valence-electron chi connectivity index (χ3n) is 3.96. The molecule has 1 N–H and O–H groups in total. The Labute approximate surface area is 153 Å². The predicted octanol–water partition coefficient (Wildman–Crippen LogP) is 3.02. The van der Waals surface area contributed by atoms with Crippen molar-refractivity contribution >= 4 is 39.7 Å². The zero-order valence-electron chi connectivity index (χ0n) is 13.3. The normalized spacial score (nSPS) is 14.6. The minimum absolute atomic E-state index is 0.0814. The van der Waals surface area contributed by atoms with Gasteiger partial charge >= 0.3 is 6.03 Å². The zero-order chi connectivity index (χ0) is 17.1. The summed E-state index contributed by atoms with van der Waals surface area (Å²) in [5.74, 6) is 0.777. The molecule has 0 aromatic carbocycles. The lowest BCUT2D eigenvalue weighted by Gasteiger charge is -2.34. The van der Waals surface area contributed by atoms with Crippen molar-refractivity contribution in [1.82, 2.24) is 19.2 Å². The number of nitrogens with zero attached hydrogens (tertiary/aromatic N) is 5. The van der Waals surface area contributed by atoms with Crippen molar-refractivity contribution in [2.75, 3.05) is 36.4 Å². The summed E-state index contributed by atoms with van der Waals surface area (Å²) >= 11 is 3.05. The van der Waals surface area contributed by atoms with Gasteiger partial charge in [-0.25, -0.2) is 4.79 Å². The number of hydrogen-bond donors (Lipinski definition) is 1. The van der Waals surface area contributed by atoms with Crippen LogP contribution in [0.25, 0.3) is 11.4 Å². The Morgan fingerprint density at radius 3 is 2.64 bits per heavy atom. The molecule has 0 spiro atoms. The first-order valence-corrected chi connectivity index (χ1v) is 9.58. The smallest absolute Gasteiger partial charge is 0.321 e. The van der Waals surface area contributed by atoms with Crippen LogP contribution in [0.3, 0.4) is 0 Å². The third kappa shape index (κ3) is 3.62. The molecule has 1 fully saturated rings. The zero-order valence-corrected chi connectivity index (χ0v) is 15.0. The SMILES string of the molecule is O=C(Nc1ccncc1)N1CCN(c2nc(-c3ccsc3)ns2)CC1. The van der Waals surface area contributed by atoms with Gasteiger partial charge in [0, 0.05) is 66.7 Å².